The third-order valence-electron chi connectivity index (χ3n) is 4.34. The Bertz CT molecular complexity index is 876. The molecule has 7 nitrogen and oxygen atoms in total. The Balaban J connectivity index is 1.71. The number of amides is 2. The SMILES string of the molecule is Cc1ccc(N2CC(C(=O)Nc3ccc(O)c(C(=O)O)c3)CC2=O)cc1. The second kappa shape index (κ2) is 6.87. The summed E-state index contributed by atoms with van der Waals surface area (Å²) in [7, 11) is 0. The molecule has 1 saturated heterocycles. The number of carboxylic acid groups (broad SMARTS) is 1. The predicted octanol–water partition coefficient (Wildman–Crippen LogP) is 2.39. The van der Waals surface area contributed by atoms with Crippen LogP contribution in [0.5, 0.6) is 5.75 Å². The molecule has 1 atom stereocenters. The smallest absolute Gasteiger partial charge is 0.339 e. The number of aromatic carboxylic acids is 1. The number of anilines is 2. The van der Waals surface area contributed by atoms with Crippen molar-refractivity contribution in [3.63, 3.8) is 0 Å². The summed E-state index contributed by atoms with van der Waals surface area (Å²) in [5, 5.41) is 21.2. The van der Waals surface area contributed by atoms with E-state index in [-0.39, 0.29) is 41.8 Å². The van der Waals surface area contributed by atoms with Crippen LogP contribution in [0.2, 0.25) is 0 Å². The fraction of sp³-hybridized carbons (Fsp3) is 0.211. The lowest BCUT2D eigenvalue weighted by Gasteiger charge is -2.17. The van der Waals surface area contributed by atoms with E-state index in [2.05, 4.69) is 5.32 Å². The molecule has 1 aliphatic rings. The van der Waals surface area contributed by atoms with Gasteiger partial charge in [0.25, 0.3) is 0 Å². The number of nitrogens with one attached hydrogen (secondary N) is 1. The van der Waals surface area contributed by atoms with Crippen molar-refractivity contribution >= 4 is 29.2 Å². The van der Waals surface area contributed by atoms with E-state index < -0.39 is 11.9 Å². The van der Waals surface area contributed by atoms with Gasteiger partial charge in [0.1, 0.15) is 11.3 Å². The van der Waals surface area contributed by atoms with Crippen molar-refractivity contribution in [3.05, 3.63) is 53.6 Å². The molecule has 0 radical (unpaired) electrons. The van der Waals surface area contributed by atoms with Crippen LogP contribution in [-0.2, 0) is 9.59 Å². The van der Waals surface area contributed by atoms with Gasteiger partial charge in [0.15, 0.2) is 0 Å². The van der Waals surface area contributed by atoms with Crippen molar-refractivity contribution < 1.29 is 24.6 Å². The van der Waals surface area contributed by atoms with Crippen molar-refractivity contribution in [1.82, 2.24) is 0 Å². The van der Waals surface area contributed by atoms with Gasteiger partial charge < -0.3 is 20.4 Å². The Kier molecular flexibility index (Phi) is 4.62. The molecule has 1 fully saturated rings. The summed E-state index contributed by atoms with van der Waals surface area (Å²) < 4.78 is 0. The van der Waals surface area contributed by atoms with Gasteiger partial charge in [-0.1, -0.05) is 17.7 Å². The normalized spacial score (nSPS) is 16.6. The number of phenols is 1. The van der Waals surface area contributed by atoms with E-state index in [1.807, 2.05) is 31.2 Å². The molecule has 7 heteroatoms. The summed E-state index contributed by atoms with van der Waals surface area (Å²) in [6.45, 7) is 2.21. The molecule has 0 saturated carbocycles. The zero-order valence-electron chi connectivity index (χ0n) is 14.1. The Hall–Kier alpha value is -3.35. The lowest BCUT2D eigenvalue weighted by Crippen LogP contribution is -2.28. The van der Waals surface area contributed by atoms with Crippen molar-refractivity contribution in [2.75, 3.05) is 16.8 Å². The number of benzene rings is 2. The maximum atomic E-state index is 12.5. The first kappa shape index (κ1) is 17.5. The highest BCUT2D eigenvalue weighted by Crippen LogP contribution is 2.27. The van der Waals surface area contributed by atoms with Gasteiger partial charge in [0.05, 0.1) is 5.92 Å². The summed E-state index contributed by atoms with van der Waals surface area (Å²) in [6.07, 6.45) is 0.0869. The molecule has 26 heavy (non-hydrogen) atoms. The van der Waals surface area contributed by atoms with E-state index in [1.54, 1.807) is 4.90 Å². The molecule has 3 rings (SSSR count). The molecule has 1 aliphatic heterocycles. The Morgan fingerprint density at radius 2 is 1.85 bits per heavy atom. The lowest BCUT2D eigenvalue weighted by molar-refractivity contribution is -0.122. The first-order valence-corrected chi connectivity index (χ1v) is 8.09. The molecule has 0 aliphatic carbocycles. The number of hydrogen-bond acceptors (Lipinski definition) is 4. The summed E-state index contributed by atoms with van der Waals surface area (Å²) in [5.74, 6) is -2.70. The van der Waals surface area contributed by atoms with Gasteiger partial charge in [-0.25, -0.2) is 4.79 Å². The van der Waals surface area contributed by atoms with Crippen LogP contribution in [-0.4, -0.2) is 34.5 Å². The zero-order chi connectivity index (χ0) is 18.8. The Morgan fingerprint density at radius 3 is 2.50 bits per heavy atom. The van der Waals surface area contributed by atoms with E-state index >= 15 is 0 Å². The first-order chi connectivity index (χ1) is 12.3. The van der Waals surface area contributed by atoms with E-state index in [0.29, 0.717) is 0 Å². The average molecular weight is 354 g/mol. The number of aromatic hydroxyl groups is 1. The van der Waals surface area contributed by atoms with Gasteiger partial charge >= 0.3 is 5.97 Å². The quantitative estimate of drug-likeness (QED) is 0.731. The predicted molar refractivity (Wildman–Crippen MR) is 95.3 cm³/mol. The number of aryl methyl sites for hydroxylation is 1. The minimum Gasteiger partial charge on any atom is -0.507 e. The number of nitrogens with zero attached hydrogens (tertiary/aromatic N) is 1. The standard InChI is InChI=1S/C19H18N2O5/c1-11-2-5-14(6-3-11)21-10-12(8-17(21)23)18(24)20-13-4-7-16(22)15(9-13)19(25)26/h2-7,9,12,22H,8,10H2,1H3,(H,20,24)(H,25,26). The molecule has 2 amide bonds. The van der Waals surface area contributed by atoms with Crippen molar-refractivity contribution in [1.29, 1.82) is 0 Å². The molecule has 3 N–H and O–H groups in total. The van der Waals surface area contributed by atoms with E-state index in [9.17, 15) is 19.5 Å². The summed E-state index contributed by atoms with van der Waals surface area (Å²) in [4.78, 5) is 37.3. The van der Waals surface area contributed by atoms with Crippen molar-refractivity contribution in [3.8, 4) is 5.75 Å². The highest BCUT2D eigenvalue weighted by Gasteiger charge is 2.35. The van der Waals surface area contributed by atoms with Gasteiger partial charge in [0.2, 0.25) is 11.8 Å². The summed E-state index contributed by atoms with van der Waals surface area (Å²) in [6, 6.07) is 11.3. The molecule has 0 aromatic heterocycles. The van der Waals surface area contributed by atoms with Crippen LogP contribution in [0.4, 0.5) is 11.4 Å². The molecular weight excluding hydrogens is 336 g/mol. The first-order valence-electron chi connectivity index (χ1n) is 8.09. The highest BCUT2D eigenvalue weighted by atomic mass is 16.4. The van der Waals surface area contributed by atoms with E-state index in [1.165, 1.54) is 18.2 Å². The number of carboxylic acids is 1. The van der Waals surface area contributed by atoms with E-state index in [4.69, 9.17) is 5.11 Å². The van der Waals surface area contributed by atoms with Crippen LogP contribution >= 0.6 is 0 Å². The van der Waals surface area contributed by atoms with Gasteiger partial charge in [-0.15, -0.1) is 0 Å². The Labute approximate surface area is 149 Å². The van der Waals surface area contributed by atoms with Gasteiger partial charge in [-0.2, -0.15) is 0 Å². The topological polar surface area (TPSA) is 107 Å². The molecular formula is C19H18N2O5. The van der Waals surface area contributed by atoms with Crippen molar-refractivity contribution in [2.45, 2.75) is 13.3 Å². The van der Waals surface area contributed by atoms with Crippen molar-refractivity contribution in [2.24, 2.45) is 5.92 Å². The van der Waals surface area contributed by atoms with Gasteiger partial charge in [-0.3, -0.25) is 9.59 Å². The van der Waals surface area contributed by atoms with Gasteiger partial charge in [-0.05, 0) is 37.3 Å². The van der Waals surface area contributed by atoms with Gasteiger partial charge in [0, 0.05) is 24.3 Å². The van der Waals surface area contributed by atoms with Crippen LogP contribution in [0.3, 0.4) is 0 Å². The number of rotatable bonds is 4. The molecule has 134 valence electrons. The molecule has 1 unspecified atom stereocenters. The molecule has 2 aromatic carbocycles. The monoisotopic (exact) mass is 354 g/mol. The average Bonchev–Trinajstić information content (AvgIpc) is 2.99. The minimum absolute atomic E-state index is 0.0869. The lowest BCUT2D eigenvalue weighted by atomic mass is 10.1. The minimum atomic E-state index is -1.29. The third-order valence-corrected chi connectivity index (χ3v) is 4.34. The van der Waals surface area contributed by atoms with Crippen LogP contribution < -0.4 is 10.2 Å². The fourth-order valence-electron chi connectivity index (χ4n) is 2.89. The molecule has 0 bridgehead atoms. The number of hydrogen-bond donors (Lipinski definition) is 3. The number of carbonyl (C=O) groups excluding carboxylic acids is 2. The van der Waals surface area contributed by atoms with Crippen LogP contribution in [0.15, 0.2) is 42.5 Å². The van der Waals surface area contributed by atoms with Crippen LogP contribution in [0.25, 0.3) is 0 Å². The maximum Gasteiger partial charge on any atom is 0.339 e. The molecule has 2 aromatic rings. The largest absolute Gasteiger partial charge is 0.507 e. The third kappa shape index (κ3) is 3.51. The maximum absolute atomic E-state index is 12.5. The highest BCUT2D eigenvalue weighted by molar-refractivity contribution is 6.04. The summed E-state index contributed by atoms with van der Waals surface area (Å²) in [5.41, 5.74) is 1.78. The zero-order valence-corrected chi connectivity index (χ0v) is 14.1. The van der Waals surface area contributed by atoms with Crippen LogP contribution in [0, 0.1) is 12.8 Å². The second-order valence-electron chi connectivity index (χ2n) is 6.27. The number of carbonyl (C=O) groups is 3. The second-order valence-corrected chi connectivity index (χ2v) is 6.27. The molecule has 0 spiro atoms. The van der Waals surface area contributed by atoms with E-state index in [0.717, 1.165) is 11.3 Å². The van der Waals surface area contributed by atoms with Crippen LogP contribution in [0.1, 0.15) is 22.3 Å². The molecule has 1 heterocycles. The summed E-state index contributed by atoms with van der Waals surface area (Å²) >= 11 is 0. The fourth-order valence-corrected chi connectivity index (χ4v) is 2.89. The Morgan fingerprint density at radius 1 is 1.15 bits per heavy atom.